The molecule has 2 heterocycles. The molecule has 33 heavy (non-hydrogen) atoms. The van der Waals surface area contributed by atoms with Crippen LogP contribution in [0.3, 0.4) is 0 Å². The lowest BCUT2D eigenvalue weighted by Crippen LogP contribution is -2.33. The molecule has 162 valence electrons. The first-order valence-corrected chi connectivity index (χ1v) is 11.0. The van der Waals surface area contributed by atoms with Gasteiger partial charge in [0.2, 0.25) is 6.23 Å². The van der Waals surface area contributed by atoms with E-state index in [1.807, 2.05) is 41.4 Å². The summed E-state index contributed by atoms with van der Waals surface area (Å²) in [6.45, 7) is 0. The minimum atomic E-state index is -0.598. The smallest absolute Gasteiger partial charge is 0.288 e. The second kappa shape index (κ2) is 7.60. The number of benzene rings is 4. The number of halogens is 1. The van der Waals surface area contributed by atoms with Gasteiger partial charge in [-0.1, -0.05) is 72.3 Å². The minimum Gasteiger partial charge on any atom is -0.464 e. The lowest BCUT2D eigenvalue weighted by Gasteiger charge is -2.38. The van der Waals surface area contributed by atoms with Crippen LogP contribution in [0.15, 0.2) is 90.0 Å². The summed E-state index contributed by atoms with van der Waals surface area (Å²) < 4.78 is 6.31. The van der Waals surface area contributed by atoms with E-state index >= 15 is 0 Å². The van der Waals surface area contributed by atoms with Gasteiger partial charge in [0.25, 0.3) is 5.69 Å². The number of ether oxygens (including phenoxy) is 1. The van der Waals surface area contributed by atoms with Crippen molar-refractivity contribution in [2.75, 3.05) is 0 Å². The number of nitrogens with zero attached hydrogens (tertiary/aromatic N) is 3. The Labute approximate surface area is 194 Å². The highest BCUT2D eigenvalue weighted by Crippen LogP contribution is 2.48. The van der Waals surface area contributed by atoms with Gasteiger partial charge in [0.05, 0.1) is 16.7 Å². The number of nitro groups is 1. The number of hydrogen-bond donors (Lipinski definition) is 0. The van der Waals surface area contributed by atoms with E-state index in [0.29, 0.717) is 12.0 Å². The van der Waals surface area contributed by atoms with E-state index in [1.54, 1.807) is 6.07 Å². The highest BCUT2D eigenvalue weighted by molar-refractivity contribution is 6.32. The molecule has 0 aliphatic carbocycles. The Bertz CT molecular complexity index is 1450. The molecular weight excluding hydrogens is 438 g/mol. The average Bonchev–Trinajstić information content (AvgIpc) is 3.29. The minimum absolute atomic E-state index is 0.0313. The van der Waals surface area contributed by atoms with Crippen molar-refractivity contribution in [3.05, 3.63) is 117 Å². The lowest BCUT2D eigenvalue weighted by molar-refractivity contribution is -0.384. The summed E-state index contributed by atoms with van der Waals surface area (Å²) in [5.41, 5.74) is 3.55. The summed E-state index contributed by atoms with van der Waals surface area (Å²) in [5.74, 6) is 0.760. The third-order valence-corrected chi connectivity index (χ3v) is 6.55. The molecule has 0 saturated heterocycles. The van der Waals surface area contributed by atoms with Gasteiger partial charge in [-0.25, -0.2) is 5.01 Å². The predicted octanol–water partition coefficient (Wildman–Crippen LogP) is 6.64. The van der Waals surface area contributed by atoms with Crippen molar-refractivity contribution in [3.8, 4) is 5.75 Å². The predicted molar refractivity (Wildman–Crippen MR) is 128 cm³/mol. The second-order valence-electron chi connectivity index (χ2n) is 8.18. The van der Waals surface area contributed by atoms with Gasteiger partial charge >= 0.3 is 0 Å². The van der Waals surface area contributed by atoms with Crippen LogP contribution in [0.4, 0.5) is 5.69 Å². The molecule has 0 N–H and O–H groups in total. The first-order valence-electron chi connectivity index (χ1n) is 10.6. The van der Waals surface area contributed by atoms with Crippen LogP contribution in [0.25, 0.3) is 10.8 Å². The van der Waals surface area contributed by atoms with Gasteiger partial charge in [0, 0.05) is 23.6 Å². The zero-order valence-corrected chi connectivity index (χ0v) is 18.1. The largest absolute Gasteiger partial charge is 0.464 e. The molecule has 0 amide bonds. The molecule has 0 aromatic heterocycles. The quantitative estimate of drug-likeness (QED) is 0.256. The molecule has 0 saturated carbocycles. The highest BCUT2D eigenvalue weighted by atomic mass is 35.5. The Balaban J connectivity index is 1.45. The number of hydrazone groups is 1. The highest BCUT2D eigenvalue weighted by Gasteiger charge is 2.41. The fourth-order valence-corrected chi connectivity index (χ4v) is 4.81. The summed E-state index contributed by atoms with van der Waals surface area (Å²) in [7, 11) is 0. The van der Waals surface area contributed by atoms with E-state index in [4.69, 9.17) is 21.4 Å². The fraction of sp³-hybridized carbons (Fsp3) is 0.115. The van der Waals surface area contributed by atoms with Gasteiger partial charge in [-0.15, -0.1) is 0 Å². The Morgan fingerprint density at radius 1 is 0.970 bits per heavy atom. The standard InChI is InChI=1S/C26H18ClN3O3/c27-21-12-11-19(14-24(21)30(31)32)26-29-23(20-7-3-4-8-25(20)33-26)15-22(28-29)18-10-9-16-5-1-2-6-17(16)13-18/h1-14,23,26H,15H2/t23-,26+/m0/s1. The van der Waals surface area contributed by atoms with Crippen LogP contribution >= 0.6 is 11.6 Å². The molecule has 0 unspecified atom stereocenters. The molecule has 6 rings (SSSR count). The molecule has 7 heteroatoms. The van der Waals surface area contributed by atoms with E-state index in [1.165, 1.54) is 17.5 Å². The molecule has 2 aliphatic heterocycles. The second-order valence-corrected chi connectivity index (χ2v) is 8.59. The first kappa shape index (κ1) is 19.8. The number of rotatable bonds is 3. The van der Waals surface area contributed by atoms with Crippen molar-refractivity contribution >= 4 is 33.8 Å². The topological polar surface area (TPSA) is 68.0 Å². The first-order chi connectivity index (χ1) is 16.1. The van der Waals surface area contributed by atoms with Gasteiger partial charge in [-0.3, -0.25) is 10.1 Å². The van der Waals surface area contributed by atoms with Crippen LogP contribution in [0, 0.1) is 10.1 Å². The maximum Gasteiger partial charge on any atom is 0.288 e. The van der Waals surface area contributed by atoms with E-state index in [0.717, 1.165) is 28.0 Å². The molecule has 4 aromatic rings. The molecule has 2 aliphatic rings. The van der Waals surface area contributed by atoms with Gasteiger partial charge in [-0.2, -0.15) is 5.10 Å². The number of nitro benzene ring substituents is 1. The van der Waals surface area contributed by atoms with E-state index < -0.39 is 11.2 Å². The third kappa shape index (κ3) is 3.31. The van der Waals surface area contributed by atoms with Crippen molar-refractivity contribution in [3.63, 3.8) is 0 Å². The SMILES string of the molecule is O=[N+]([O-])c1cc([C@H]2Oc3ccccc3[C@@H]3CC(c4ccc5ccccc5c4)=NN23)ccc1Cl. The van der Waals surface area contributed by atoms with Crippen LogP contribution < -0.4 is 4.74 Å². The van der Waals surface area contributed by atoms with E-state index in [2.05, 4.69) is 30.3 Å². The Morgan fingerprint density at radius 3 is 2.61 bits per heavy atom. The Kier molecular flexibility index (Phi) is 4.55. The van der Waals surface area contributed by atoms with Crippen molar-refractivity contribution in [1.29, 1.82) is 0 Å². The number of hydrogen-bond acceptors (Lipinski definition) is 5. The van der Waals surface area contributed by atoms with Crippen LogP contribution in [0.2, 0.25) is 5.02 Å². The van der Waals surface area contributed by atoms with Crippen molar-refractivity contribution in [1.82, 2.24) is 5.01 Å². The summed E-state index contributed by atoms with van der Waals surface area (Å²) in [4.78, 5) is 11.0. The molecule has 2 atom stereocenters. The van der Waals surface area contributed by atoms with Crippen LogP contribution in [-0.4, -0.2) is 15.6 Å². The molecule has 4 aromatic carbocycles. The van der Waals surface area contributed by atoms with Gasteiger partial charge < -0.3 is 4.74 Å². The Morgan fingerprint density at radius 2 is 1.76 bits per heavy atom. The average molecular weight is 456 g/mol. The normalized spacial score (nSPS) is 18.9. The molecule has 6 nitrogen and oxygen atoms in total. The zero-order valence-electron chi connectivity index (χ0n) is 17.4. The van der Waals surface area contributed by atoms with Crippen molar-refractivity contribution in [2.24, 2.45) is 5.10 Å². The third-order valence-electron chi connectivity index (χ3n) is 6.23. The fourth-order valence-electron chi connectivity index (χ4n) is 4.62. The maximum absolute atomic E-state index is 11.5. The Hall–Kier alpha value is -3.90. The maximum atomic E-state index is 11.5. The number of fused-ring (bicyclic) bond motifs is 4. The van der Waals surface area contributed by atoms with Gasteiger partial charge in [0.15, 0.2) is 0 Å². The van der Waals surface area contributed by atoms with Gasteiger partial charge in [-0.05, 0) is 34.5 Å². The van der Waals surface area contributed by atoms with Crippen LogP contribution in [-0.2, 0) is 0 Å². The molecular formula is C26H18ClN3O3. The number of para-hydroxylation sites is 1. The van der Waals surface area contributed by atoms with Crippen molar-refractivity contribution in [2.45, 2.75) is 18.7 Å². The zero-order chi connectivity index (χ0) is 22.5. The molecule has 0 radical (unpaired) electrons. The summed E-state index contributed by atoms with van der Waals surface area (Å²) in [6.07, 6.45) is 0.115. The molecule has 0 fully saturated rings. The van der Waals surface area contributed by atoms with Crippen LogP contribution in [0.5, 0.6) is 5.75 Å². The molecule has 0 spiro atoms. The molecule has 0 bridgehead atoms. The van der Waals surface area contributed by atoms with Crippen molar-refractivity contribution < 1.29 is 9.66 Å². The summed E-state index contributed by atoms with van der Waals surface area (Å²) >= 11 is 6.05. The van der Waals surface area contributed by atoms with E-state index in [-0.39, 0.29) is 16.8 Å². The monoisotopic (exact) mass is 455 g/mol. The van der Waals surface area contributed by atoms with E-state index in [9.17, 15) is 10.1 Å². The van der Waals surface area contributed by atoms with Crippen LogP contribution in [0.1, 0.15) is 35.4 Å². The summed E-state index contributed by atoms with van der Waals surface area (Å²) in [6, 6.07) is 27.2. The van der Waals surface area contributed by atoms with Gasteiger partial charge in [0.1, 0.15) is 10.8 Å². The lowest BCUT2D eigenvalue weighted by atomic mass is 9.95. The summed E-state index contributed by atoms with van der Waals surface area (Å²) in [5, 5.41) is 20.8.